The van der Waals surface area contributed by atoms with E-state index in [9.17, 15) is 0 Å². The van der Waals surface area contributed by atoms with Crippen LogP contribution in [0.25, 0.3) is 88.7 Å². The van der Waals surface area contributed by atoms with E-state index in [-0.39, 0.29) is 12.3 Å². The van der Waals surface area contributed by atoms with E-state index in [1.807, 2.05) is 0 Å². The van der Waals surface area contributed by atoms with E-state index in [1.54, 1.807) is 0 Å². The quantitative estimate of drug-likeness (QED) is 0.164. The maximum atomic E-state index is 6.43. The molecule has 0 amide bonds. The highest BCUT2D eigenvalue weighted by Gasteiger charge is 2.26. The van der Waals surface area contributed by atoms with Gasteiger partial charge in [0.15, 0.2) is 5.58 Å². The molecule has 3 aromatic heterocycles. The molecule has 2 aliphatic rings. The van der Waals surface area contributed by atoms with Gasteiger partial charge in [-0.3, -0.25) is 9.72 Å². The second kappa shape index (κ2) is 14.8. The number of aliphatic imine (C=N–C) groups is 1. The fourth-order valence-electron chi connectivity index (χ4n) is 9.86. The number of hydrogen-bond acceptors (Lipinski definition) is 5. The van der Waals surface area contributed by atoms with Crippen LogP contribution in [0.3, 0.4) is 0 Å². The van der Waals surface area contributed by atoms with Crippen molar-refractivity contribution in [1.82, 2.24) is 20.0 Å². The fraction of sp³-hybridized carbons (Fsp3) is 0.0690. The highest BCUT2D eigenvalue weighted by Crippen LogP contribution is 2.40. The van der Waals surface area contributed by atoms with Gasteiger partial charge in [0.05, 0.1) is 17.2 Å². The first kappa shape index (κ1) is 36.6. The number of amidine groups is 1. The summed E-state index contributed by atoms with van der Waals surface area (Å²) in [6.07, 6.45) is 8.10. The highest BCUT2D eigenvalue weighted by atomic mass is 16.3. The third-order valence-corrected chi connectivity index (χ3v) is 13.2. The summed E-state index contributed by atoms with van der Waals surface area (Å²) in [5.74, 6) is 1.91. The largest absolute Gasteiger partial charge is 0.459 e. The minimum absolute atomic E-state index is 0.160. The van der Waals surface area contributed by atoms with E-state index in [1.165, 1.54) is 38.6 Å². The van der Waals surface area contributed by atoms with Crippen molar-refractivity contribution >= 4 is 61.1 Å². The van der Waals surface area contributed by atoms with Gasteiger partial charge in [-0.2, -0.15) is 0 Å². The lowest BCUT2D eigenvalue weighted by Gasteiger charge is -2.32. The van der Waals surface area contributed by atoms with Crippen molar-refractivity contribution in [3.05, 3.63) is 222 Å². The number of nitrogens with zero attached hydrogens (tertiary/aromatic N) is 3. The van der Waals surface area contributed by atoms with E-state index in [2.05, 4.69) is 215 Å². The van der Waals surface area contributed by atoms with Gasteiger partial charge in [0, 0.05) is 33.7 Å². The van der Waals surface area contributed by atoms with Crippen LogP contribution in [0.5, 0.6) is 0 Å². The second-order valence-electron chi connectivity index (χ2n) is 17.0. The van der Waals surface area contributed by atoms with Crippen LogP contribution in [0.4, 0.5) is 0 Å². The first-order valence-corrected chi connectivity index (χ1v) is 22.1. The number of aryl methyl sites for hydroxylation is 1. The zero-order chi connectivity index (χ0) is 42.1. The number of nitrogens with one attached hydrogen (secondary N) is 2. The van der Waals surface area contributed by atoms with E-state index in [4.69, 9.17) is 14.4 Å². The second-order valence-corrected chi connectivity index (χ2v) is 17.0. The number of allylic oxidation sites excluding steroid dienone is 1. The zero-order valence-electron chi connectivity index (χ0n) is 34.9. The minimum atomic E-state index is -0.254. The molecular weight excluding hydrogens is 783 g/mol. The van der Waals surface area contributed by atoms with Gasteiger partial charge in [-0.15, -0.1) is 0 Å². The van der Waals surface area contributed by atoms with Crippen LogP contribution in [0.2, 0.25) is 0 Å². The monoisotopic (exact) mass is 823 g/mol. The molecule has 0 bridgehead atoms. The topological polar surface area (TPSA) is 66.9 Å². The number of furan rings is 1. The molecule has 4 heterocycles. The molecule has 304 valence electrons. The van der Waals surface area contributed by atoms with Gasteiger partial charge in [0.25, 0.3) is 0 Å². The van der Waals surface area contributed by atoms with Crippen LogP contribution < -0.4 is 10.6 Å². The molecule has 2 atom stereocenters. The van der Waals surface area contributed by atoms with E-state index >= 15 is 0 Å². The van der Waals surface area contributed by atoms with Crippen molar-refractivity contribution in [1.29, 1.82) is 0 Å². The van der Waals surface area contributed by atoms with E-state index in [0.717, 1.165) is 90.7 Å². The molecule has 8 aromatic carbocycles. The Morgan fingerprint density at radius 3 is 1.88 bits per heavy atom. The number of fused-ring (bicyclic) bond motifs is 11. The molecule has 0 saturated carbocycles. The zero-order valence-corrected chi connectivity index (χ0v) is 34.9. The summed E-state index contributed by atoms with van der Waals surface area (Å²) in [6, 6.07) is 65.1. The lowest BCUT2D eigenvalue weighted by atomic mass is 9.95. The lowest BCUT2D eigenvalue weighted by molar-refractivity contribution is 0.409. The van der Waals surface area contributed by atoms with Gasteiger partial charge < -0.3 is 9.73 Å². The smallest absolute Gasteiger partial charge is 0.151 e. The number of aromatic nitrogens is 2. The summed E-state index contributed by atoms with van der Waals surface area (Å²) in [7, 11) is 0. The van der Waals surface area contributed by atoms with Gasteiger partial charge in [0.1, 0.15) is 29.6 Å². The molecule has 6 heteroatoms. The molecule has 0 spiro atoms. The molecule has 2 N–H and O–H groups in total. The Kier molecular flexibility index (Phi) is 8.46. The van der Waals surface area contributed by atoms with Gasteiger partial charge in [-0.05, 0) is 73.8 Å². The van der Waals surface area contributed by atoms with Crippen molar-refractivity contribution < 1.29 is 4.42 Å². The summed E-state index contributed by atoms with van der Waals surface area (Å²) in [6.45, 7) is 0. The van der Waals surface area contributed by atoms with Crippen LogP contribution >= 0.6 is 0 Å². The number of pyridine rings is 1. The molecule has 1 aliphatic carbocycles. The molecular formula is C58H41N5O. The summed E-state index contributed by atoms with van der Waals surface area (Å²) in [4.78, 5) is 10.6. The van der Waals surface area contributed by atoms with Crippen molar-refractivity contribution in [2.75, 3.05) is 0 Å². The van der Waals surface area contributed by atoms with Crippen LogP contribution in [-0.2, 0) is 6.42 Å². The Labute approximate surface area is 369 Å². The third-order valence-electron chi connectivity index (χ3n) is 13.2. The molecule has 0 radical (unpaired) electrons. The predicted octanol–water partition coefficient (Wildman–Crippen LogP) is 13.8. The molecule has 64 heavy (non-hydrogen) atoms. The third kappa shape index (κ3) is 6.14. The molecule has 0 fully saturated rings. The Morgan fingerprint density at radius 2 is 1.14 bits per heavy atom. The number of imidazole rings is 1. The molecule has 2 unspecified atom stereocenters. The average Bonchev–Trinajstić information content (AvgIpc) is 3.94. The summed E-state index contributed by atoms with van der Waals surface area (Å²) in [5.41, 5.74) is 15.4. The predicted molar refractivity (Wildman–Crippen MR) is 262 cm³/mol. The van der Waals surface area contributed by atoms with Crippen LogP contribution in [0.15, 0.2) is 204 Å². The summed E-state index contributed by atoms with van der Waals surface area (Å²) >= 11 is 0. The van der Waals surface area contributed by atoms with Crippen molar-refractivity contribution in [3.63, 3.8) is 0 Å². The molecule has 0 saturated heterocycles. The standard InChI is InChI=1S/C58H41N5O/c1-3-11-36(12-4-1)38-19-25-41(26-20-38)56-60-57(42-27-21-39(22-28-42)37-13-5-2-6-14-37)62-58(61-56)43-29-23-40(24-30-43)44-31-32-48-49(33-44)45-15-7-8-17-47(45)54-55(48)63-35-52-50(34-53(63)59-54)46-16-9-10-18-51(46)64-52/h1-9,11-17,19-35,56-57,60H,10,18H2,(H,61,62). The normalized spacial score (nSPS) is 16.1. The average molecular weight is 824 g/mol. The summed E-state index contributed by atoms with van der Waals surface area (Å²) < 4.78 is 8.65. The first-order valence-electron chi connectivity index (χ1n) is 22.1. The van der Waals surface area contributed by atoms with Crippen molar-refractivity contribution in [2.45, 2.75) is 25.2 Å². The SMILES string of the molecule is C1=Cc2c(oc3cn4c(cc23)nc2c3ccccc3c3cc(-c5ccc(C6=NC(c7ccc(-c8ccccc8)cc7)NC(c7ccc(-c8ccccc8)cc7)N6)cc5)ccc3c24)CC1. The molecule has 1 aliphatic heterocycles. The van der Waals surface area contributed by atoms with Crippen molar-refractivity contribution in [2.24, 2.45) is 4.99 Å². The number of benzene rings is 8. The fourth-order valence-corrected chi connectivity index (χ4v) is 9.86. The van der Waals surface area contributed by atoms with Gasteiger partial charge in [-0.25, -0.2) is 9.98 Å². The van der Waals surface area contributed by atoms with Crippen molar-refractivity contribution in [3.8, 4) is 33.4 Å². The van der Waals surface area contributed by atoms with Gasteiger partial charge in [-0.1, -0.05) is 182 Å². The minimum Gasteiger partial charge on any atom is -0.459 e. The van der Waals surface area contributed by atoms with Crippen LogP contribution in [0, 0.1) is 0 Å². The number of rotatable bonds is 6. The lowest BCUT2D eigenvalue weighted by Crippen LogP contribution is -2.44. The van der Waals surface area contributed by atoms with Gasteiger partial charge >= 0.3 is 0 Å². The molecule has 11 aromatic rings. The Hall–Kier alpha value is -8.06. The van der Waals surface area contributed by atoms with Crippen LogP contribution in [0.1, 0.15) is 46.8 Å². The Balaban J connectivity index is 0.868. The van der Waals surface area contributed by atoms with E-state index in [0.29, 0.717) is 0 Å². The van der Waals surface area contributed by atoms with Gasteiger partial charge in [0.2, 0.25) is 0 Å². The highest BCUT2D eigenvalue weighted by molar-refractivity contribution is 6.24. The summed E-state index contributed by atoms with van der Waals surface area (Å²) in [5, 5.41) is 13.4. The molecule has 6 nitrogen and oxygen atoms in total. The Morgan fingerprint density at radius 1 is 0.531 bits per heavy atom. The van der Waals surface area contributed by atoms with Crippen LogP contribution in [-0.4, -0.2) is 15.2 Å². The Bertz CT molecular complexity index is 3640. The number of hydrogen-bond donors (Lipinski definition) is 2. The first-order chi connectivity index (χ1) is 31.7. The molecule has 13 rings (SSSR count). The van der Waals surface area contributed by atoms with E-state index < -0.39 is 0 Å². The maximum absolute atomic E-state index is 6.43. The maximum Gasteiger partial charge on any atom is 0.151 e.